The van der Waals surface area contributed by atoms with Gasteiger partial charge >= 0.3 is 0 Å². The second kappa shape index (κ2) is 39.6. The molecule has 0 atom stereocenters. The van der Waals surface area contributed by atoms with E-state index in [1.54, 1.807) is 50.6 Å². The van der Waals surface area contributed by atoms with Gasteiger partial charge in [-0.3, -0.25) is 9.59 Å². The second-order valence-electron chi connectivity index (χ2n) is 15.5. The molecule has 0 aromatic heterocycles. The quantitative estimate of drug-likeness (QED) is 0.0631. The molecule has 0 fully saturated rings. The number of aldehydes is 2. The standard InChI is InChI=1S/C33H38P.C15H4.C10H12O2.C10H2.CH4/c1-27(22-23-32-28(2)15-14-25-33(32,3)4)24-26-34(29-16-8-5-9-17-29,30-18-10-6-11-19-30)31-20-12-7-13-21-31;1-3-5-7-9-11-13-15-14-12-10-8-6-4-2;1-9(7-11)5-3-4-6-10(2)8-12;1-3-5-7-9-10-8-6-4-2;/h5-13,16-24H,14-15,25-26H2,1-4H3;1H,2H3;3-8H,1-2H3;1-2H;1H4/q+1;;;;/b23-22+,27-24+;;4-3+,9-5+,10-6+;;. The molecule has 0 bridgehead atoms. The van der Waals surface area contributed by atoms with Crippen LogP contribution in [0, 0.1) is 149 Å². The molecule has 4 rings (SSSR count). The van der Waals surface area contributed by atoms with Crippen molar-refractivity contribution in [3.8, 4) is 144 Å². The van der Waals surface area contributed by atoms with Crippen molar-refractivity contribution in [2.24, 2.45) is 5.41 Å². The first kappa shape index (κ1) is 62.6. The Kier molecular flexibility index (Phi) is 34.4. The monoisotopic (exact) mass is 951 g/mol. The second-order valence-corrected chi connectivity index (χ2v) is 19.0. The third-order valence-corrected chi connectivity index (χ3v) is 14.1. The summed E-state index contributed by atoms with van der Waals surface area (Å²) in [6, 6.07) is 33.4. The predicted octanol–water partition coefficient (Wildman–Crippen LogP) is 11.4. The summed E-state index contributed by atoms with van der Waals surface area (Å²) in [7, 11) is -1.82. The maximum atomic E-state index is 10.1. The first-order chi connectivity index (χ1) is 34.5. The molecule has 0 heterocycles. The Balaban J connectivity index is 0.00000110. The van der Waals surface area contributed by atoms with Crippen LogP contribution in [0.3, 0.4) is 0 Å². The molecule has 2 nitrogen and oxygen atoms in total. The van der Waals surface area contributed by atoms with Crippen LogP contribution in [-0.2, 0) is 9.59 Å². The van der Waals surface area contributed by atoms with Crippen LogP contribution < -0.4 is 15.9 Å². The van der Waals surface area contributed by atoms with Crippen LogP contribution in [0.15, 0.2) is 161 Å². The van der Waals surface area contributed by atoms with Crippen molar-refractivity contribution in [2.75, 3.05) is 6.16 Å². The number of carbonyl (C=O) groups is 2. The summed E-state index contributed by atoms with van der Waals surface area (Å²) >= 11 is 0. The highest BCUT2D eigenvalue weighted by molar-refractivity contribution is 7.95. The molecule has 0 aliphatic heterocycles. The predicted molar refractivity (Wildman–Crippen MR) is 311 cm³/mol. The number of carbonyl (C=O) groups excluding carboxylic acids is 2. The summed E-state index contributed by atoms with van der Waals surface area (Å²) in [6.45, 7) is 14.5. The highest BCUT2D eigenvalue weighted by Crippen LogP contribution is 2.55. The lowest BCUT2D eigenvalue weighted by molar-refractivity contribution is -0.105. The number of allylic oxidation sites excluding steroid dienone is 12. The van der Waals surface area contributed by atoms with Crippen molar-refractivity contribution in [2.45, 2.75) is 75.2 Å². The SMILES string of the molecule is C.C#CC#CC#CC#CC#C.C#CC#CC#CC#CC#CC#CC#CC.CC1=C(/C=C/C(C)=C/C[P+](c2ccccc2)(c2ccccc2)c2ccccc2)C(C)(C)CCC1.C\C(C=O)=C/C=C/C=C(\C)C=O. The van der Waals surface area contributed by atoms with E-state index in [4.69, 9.17) is 19.3 Å². The molecule has 0 saturated carbocycles. The van der Waals surface area contributed by atoms with Crippen LogP contribution in [-0.4, -0.2) is 18.7 Å². The van der Waals surface area contributed by atoms with Crippen molar-refractivity contribution in [1.29, 1.82) is 0 Å². The van der Waals surface area contributed by atoms with E-state index in [1.807, 2.05) is 0 Å². The molecular weight excluding hydrogens is 892 g/mol. The van der Waals surface area contributed by atoms with Gasteiger partial charge in [-0.25, -0.2) is 0 Å². The number of terminal acetylenes is 3. The fourth-order valence-electron chi connectivity index (χ4n) is 6.46. The lowest BCUT2D eigenvalue weighted by atomic mass is 9.72. The minimum atomic E-state index is -1.82. The van der Waals surface area contributed by atoms with Crippen LogP contribution in [0.2, 0.25) is 0 Å². The zero-order valence-electron chi connectivity index (χ0n) is 41.7. The fraction of sp³-hybridized carbons (Fsp3) is 0.188. The van der Waals surface area contributed by atoms with Gasteiger partial charge in [-0.1, -0.05) is 129 Å². The van der Waals surface area contributed by atoms with Crippen LogP contribution in [0.5, 0.6) is 0 Å². The molecule has 352 valence electrons. The summed E-state index contributed by atoms with van der Waals surface area (Å²) in [5.74, 6) is 50.3. The molecule has 0 amide bonds. The zero-order valence-corrected chi connectivity index (χ0v) is 42.6. The summed E-state index contributed by atoms with van der Waals surface area (Å²) < 4.78 is 0. The van der Waals surface area contributed by atoms with Gasteiger partial charge in [0.1, 0.15) is 35.7 Å². The van der Waals surface area contributed by atoms with E-state index in [1.165, 1.54) is 46.3 Å². The minimum absolute atomic E-state index is 0. The maximum absolute atomic E-state index is 10.1. The highest BCUT2D eigenvalue weighted by Gasteiger charge is 2.44. The van der Waals surface area contributed by atoms with E-state index in [2.05, 4.69) is 261 Å². The Hall–Kier alpha value is -9.41. The summed E-state index contributed by atoms with van der Waals surface area (Å²) in [6.07, 6.45) is 34.9. The first-order valence-electron chi connectivity index (χ1n) is 22.3. The fourth-order valence-corrected chi connectivity index (χ4v) is 10.6. The normalized spacial score (nSPS) is 11.4. The molecule has 1 aliphatic carbocycles. The third-order valence-electron chi connectivity index (χ3n) is 9.81. The van der Waals surface area contributed by atoms with Gasteiger partial charge in [0.15, 0.2) is 0 Å². The van der Waals surface area contributed by atoms with Crippen LogP contribution in [0.25, 0.3) is 0 Å². The van der Waals surface area contributed by atoms with E-state index in [-0.39, 0.29) is 12.8 Å². The molecule has 72 heavy (non-hydrogen) atoms. The molecule has 3 aromatic rings. The van der Waals surface area contributed by atoms with Crippen LogP contribution >= 0.6 is 7.26 Å². The van der Waals surface area contributed by atoms with Crippen LogP contribution in [0.4, 0.5) is 0 Å². The highest BCUT2D eigenvalue weighted by atomic mass is 31.2. The molecule has 0 radical (unpaired) electrons. The van der Waals surface area contributed by atoms with Gasteiger partial charge in [0.25, 0.3) is 0 Å². The van der Waals surface area contributed by atoms with E-state index in [0.717, 1.165) is 18.7 Å². The number of hydrogen-bond donors (Lipinski definition) is 0. The Labute approximate surface area is 434 Å². The number of hydrogen-bond acceptors (Lipinski definition) is 2. The van der Waals surface area contributed by atoms with Gasteiger partial charge in [0, 0.05) is 0 Å². The molecular formula is C69H60O2P+. The summed E-state index contributed by atoms with van der Waals surface area (Å²) in [5.41, 5.74) is 6.01. The van der Waals surface area contributed by atoms with E-state index in [9.17, 15) is 9.59 Å². The van der Waals surface area contributed by atoms with E-state index in [0.29, 0.717) is 11.1 Å². The van der Waals surface area contributed by atoms with E-state index < -0.39 is 7.26 Å². The first-order valence-corrected chi connectivity index (χ1v) is 24.3. The van der Waals surface area contributed by atoms with Gasteiger partial charge < -0.3 is 0 Å². The van der Waals surface area contributed by atoms with Crippen LogP contribution in [0.1, 0.15) is 75.2 Å². The van der Waals surface area contributed by atoms with Gasteiger partial charge in [0.05, 0.1) is 6.16 Å². The lowest BCUT2D eigenvalue weighted by Gasteiger charge is -2.33. The Morgan fingerprint density at radius 3 is 1.22 bits per heavy atom. The van der Waals surface area contributed by atoms with Gasteiger partial charge in [-0.05, 0) is 237 Å². The third kappa shape index (κ3) is 26.2. The molecule has 0 spiro atoms. The number of benzene rings is 3. The van der Waals surface area contributed by atoms with E-state index >= 15 is 0 Å². The van der Waals surface area contributed by atoms with Gasteiger partial charge in [-0.15, -0.1) is 19.3 Å². The van der Waals surface area contributed by atoms with Crippen molar-refractivity contribution >= 4 is 35.7 Å². The van der Waals surface area contributed by atoms with Crippen molar-refractivity contribution in [1.82, 2.24) is 0 Å². The largest absolute Gasteiger partial charge is 0.298 e. The van der Waals surface area contributed by atoms with Crippen molar-refractivity contribution in [3.05, 3.63) is 161 Å². The Morgan fingerprint density at radius 2 is 0.903 bits per heavy atom. The average molecular weight is 952 g/mol. The topological polar surface area (TPSA) is 34.1 Å². The molecule has 0 unspecified atom stereocenters. The lowest BCUT2D eigenvalue weighted by Crippen LogP contribution is -2.33. The zero-order chi connectivity index (χ0) is 52.3. The van der Waals surface area contributed by atoms with Gasteiger partial charge in [0.2, 0.25) is 0 Å². The molecule has 1 aliphatic rings. The number of rotatable bonds is 11. The maximum Gasteiger partial charge on any atom is 0.145 e. The average Bonchev–Trinajstić information content (AvgIpc) is 3.39. The Morgan fingerprint density at radius 1 is 0.556 bits per heavy atom. The summed E-state index contributed by atoms with van der Waals surface area (Å²) in [5, 5.41) is 4.31. The van der Waals surface area contributed by atoms with Crippen molar-refractivity contribution < 1.29 is 9.59 Å². The molecule has 3 heteroatoms. The minimum Gasteiger partial charge on any atom is -0.298 e. The smallest absolute Gasteiger partial charge is 0.145 e. The Bertz CT molecular complexity index is 3040. The summed E-state index contributed by atoms with van der Waals surface area (Å²) in [4.78, 5) is 20.2. The molecule has 3 aromatic carbocycles. The van der Waals surface area contributed by atoms with Gasteiger partial charge in [-0.2, -0.15) is 0 Å². The molecule has 0 N–H and O–H groups in total. The molecule has 0 saturated heterocycles. The van der Waals surface area contributed by atoms with Crippen molar-refractivity contribution in [3.63, 3.8) is 0 Å².